The highest BCUT2D eigenvalue weighted by Gasteiger charge is 2.17. The zero-order chi connectivity index (χ0) is 22.5. The molecule has 0 fully saturated rings. The Morgan fingerprint density at radius 1 is 1.17 bits per heavy atom. The molecule has 0 aliphatic carbocycles. The van der Waals surface area contributed by atoms with Crippen LogP contribution in [0.3, 0.4) is 0 Å². The van der Waals surface area contributed by atoms with Crippen LogP contribution in [0.5, 0.6) is 11.5 Å². The van der Waals surface area contributed by atoms with Crippen molar-refractivity contribution in [2.75, 3.05) is 19.0 Å². The molecule has 30 heavy (non-hydrogen) atoms. The van der Waals surface area contributed by atoms with Gasteiger partial charge >= 0.3 is 5.97 Å². The van der Waals surface area contributed by atoms with Gasteiger partial charge in [0.05, 0.1) is 12.7 Å². The van der Waals surface area contributed by atoms with E-state index in [-0.39, 0.29) is 23.6 Å². The topological polar surface area (TPSA) is 96.9 Å². The number of nitrogens with one attached hydrogen (secondary N) is 2. The molecular weight excluding hydrogens is 408 g/mol. The fraction of sp³-hybridized carbons (Fsp3) is 0.364. The molecule has 0 saturated heterocycles. The van der Waals surface area contributed by atoms with Gasteiger partial charge in [-0.25, -0.2) is 4.79 Å². The van der Waals surface area contributed by atoms with E-state index in [1.54, 1.807) is 37.3 Å². The highest BCUT2D eigenvalue weighted by Crippen LogP contribution is 2.34. The first-order chi connectivity index (χ1) is 14.0. The molecule has 3 N–H and O–H groups in total. The standard InChI is InChI=1S/C22H27ClN2O5/c1-13-15(21(27)28)7-6-8-17(13)24-11-14-9-18(29-5)19(10-16(14)23)30-12-20(26)25-22(2,3)4/h6-10,24H,11-12H2,1-5H3,(H,25,26)(H,27,28). The first-order valence-electron chi connectivity index (χ1n) is 9.39. The Labute approximate surface area is 181 Å². The minimum absolute atomic E-state index is 0.164. The number of aromatic carboxylic acids is 1. The summed E-state index contributed by atoms with van der Waals surface area (Å²) in [6, 6.07) is 8.37. The van der Waals surface area contributed by atoms with Crippen LogP contribution in [0.1, 0.15) is 42.3 Å². The maximum Gasteiger partial charge on any atom is 0.336 e. The summed E-state index contributed by atoms with van der Waals surface area (Å²) in [6.45, 7) is 7.59. The monoisotopic (exact) mass is 434 g/mol. The van der Waals surface area contributed by atoms with E-state index in [2.05, 4.69) is 10.6 Å². The highest BCUT2D eigenvalue weighted by molar-refractivity contribution is 6.31. The molecule has 2 aromatic rings. The largest absolute Gasteiger partial charge is 0.493 e. The van der Waals surface area contributed by atoms with Gasteiger partial charge in [0.15, 0.2) is 18.1 Å². The Morgan fingerprint density at radius 3 is 2.47 bits per heavy atom. The number of carbonyl (C=O) groups excluding carboxylic acids is 1. The van der Waals surface area contributed by atoms with Gasteiger partial charge in [0.25, 0.3) is 5.91 Å². The molecule has 7 nitrogen and oxygen atoms in total. The van der Waals surface area contributed by atoms with Gasteiger partial charge in [-0.1, -0.05) is 17.7 Å². The van der Waals surface area contributed by atoms with Crippen molar-refractivity contribution in [2.45, 2.75) is 39.8 Å². The van der Waals surface area contributed by atoms with E-state index in [9.17, 15) is 14.7 Å². The summed E-state index contributed by atoms with van der Waals surface area (Å²) in [5.41, 5.74) is 1.96. The van der Waals surface area contributed by atoms with Gasteiger partial charge in [-0.15, -0.1) is 0 Å². The van der Waals surface area contributed by atoms with Gasteiger partial charge < -0.3 is 25.2 Å². The molecule has 0 saturated carbocycles. The molecule has 0 radical (unpaired) electrons. The molecule has 0 aliphatic rings. The summed E-state index contributed by atoms with van der Waals surface area (Å²) in [5, 5.41) is 15.7. The lowest BCUT2D eigenvalue weighted by Gasteiger charge is -2.21. The molecule has 0 bridgehead atoms. The summed E-state index contributed by atoms with van der Waals surface area (Å²) in [6.07, 6.45) is 0. The Morgan fingerprint density at radius 2 is 1.87 bits per heavy atom. The zero-order valence-corrected chi connectivity index (χ0v) is 18.5. The second kappa shape index (κ2) is 9.71. The average Bonchev–Trinajstić information content (AvgIpc) is 2.64. The molecule has 1 amide bonds. The number of carbonyl (C=O) groups is 2. The van der Waals surface area contributed by atoms with Gasteiger partial charge in [0.1, 0.15) is 0 Å². The van der Waals surface area contributed by atoms with E-state index in [4.69, 9.17) is 21.1 Å². The quantitative estimate of drug-likeness (QED) is 0.574. The second-order valence-corrected chi connectivity index (χ2v) is 8.23. The maximum atomic E-state index is 12.0. The van der Waals surface area contributed by atoms with Crippen LogP contribution in [0.15, 0.2) is 30.3 Å². The molecule has 0 aliphatic heterocycles. The fourth-order valence-electron chi connectivity index (χ4n) is 2.83. The van der Waals surface area contributed by atoms with E-state index >= 15 is 0 Å². The van der Waals surface area contributed by atoms with Crippen LogP contribution in [-0.2, 0) is 11.3 Å². The third kappa shape index (κ3) is 6.29. The molecule has 2 rings (SSSR count). The smallest absolute Gasteiger partial charge is 0.336 e. The number of benzene rings is 2. The van der Waals surface area contributed by atoms with Gasteiger partial charge in [-0.05, 0) is 57.0 Å². The lowest BCUT2D eigenvalue weighted by molar-refractivity contribution is -0.124. The first-order valence-corrected chi connectivity index (χ1v) is 9.76. The zero-order valence-electron chi connectivity index (χ0n) is 17.8. The van der Waals surface area contributed by atoms with Crippen molar-refractivity contribution < 1.29 is 24.2 Å². The van der Waals surface area contributed by atoms with Crippen LogP contribution in [0.25, 0.3) is 0 Å². The third-order valence-electron chi connectivity index (χ3n) is 4.24. The maximum absolute atomic E-state index is 12.0. The predicted octanol–water partition coefficient (Wildman–Crippen LogP) is 4.26. The van der Waals surface area contributed by atoms with E-state index in [1.165, 1.54) is 7.11 Å². The number of carboxylic acid groups (broad SMARTS) is 1. The van der Waals surface area contributed by atoms with Crippen LogP contribution < -0.4 is 20.1 Å². The van der Waals surface area contributed by atoms with E-state index in [0.717, 1.165) is 5.56 Å². The molecule has 0 aromatic heterocycles. The van der Waals surface area contributed by atoms with Crippen molar-refractivity contribution >= 4 is 29.2 Å². The molecular formula is C22H27ClN2O5. The van der Waals surface area contributed by atoms with Gasteiger partial charge in [0.2, 0.25) is 0 Å². The van der Waals surface area contributed by atoms with E-state index in [1.807, 2.05) is 20.8 Å². The molecule has 0 atom stereocenters. The highest BCUT2D eigenvalue weighted by atomic mass is 35.5. The number of ether oxygens (including phenoxy) is 2. The van der Waals surface area contributed by atoms with Crippen LogP contribution >= 0.6 is 11.6 Å². The van der Waals surface area contributed by atoms with Crippen molar-refractivity contribution in [3.05, 3.63) is 52.0 Å². The summed E-state index contributed by atoms with van der Waals surface area (Å²) >= 11 is 6.40. The molecule has 8 heteroatoms. The summed E-state index contributed by atoms with van der Waals surface area (Å²) in [7, 11) is 1.50. The van der Waals surface area contributed by atoms with Crippen molar-refractivity contribution in [1.29, 1.82) is 0 Å². The van der Waals surface area contributed by atoms with Crippen molar-refractivity contribution in [3.8, 4) is 11.5 Å². The van der Waals surface area contributed by atoms with Gasteiger partial charge in [0, 0.05) is 28.9 Å². The number of anilines is 1. The lowest BCUT2D eigenvalue weighted by Crippen LogP contribution is -2.43. The fourth-order valence-corrected chi connectivity index (χ4v) is 3.05. The Balaban J connectivity index is 2.13. The number of hydrogen-bond donors (Lipinski definition) is 3. The van der Waals surface area contributed by atoms with Crippen LogP contribution in [0.4, 0.5) is 5.69 Å². The van der Waals surface area contributed by atoms with Crippen LogP contribution in [-0.4, -0.2) is 36.2 Å². The SMILES string of the molecule is COc1cc(CNc2cccc(C(=O)O)c2C)c(Cl)cc1OCC(=O)NC(C)(C)C. The number of methoxy groups -OCH3 is 1. The number of hydrogen-bond acceptors (Lipinski definition) is 5. The first kappa shape index (κ1) is 23.3. The molecule has 0 heterocycles. The van der Waals surface area contributed by atoms with E-state index < -0.39 is 5.97 Å². The Kier molecular flexibility index (Phi) is 7.56. The lowest BCUT2D eigenvalue weighted by atomic mass is 10.1. The van der Waals surface area contributed by atoms with Gasteiger partial charge in [-0.3, -0.25) is 4.79 Å². The molecule has 2 aromatic carbocycles. The minimum atomic E-state index is -0.979. The number of amides is 1. The van der Waals surface area contributed by atoms with Crippen LogP contribution in [0, 0.1) is 6.92 Å². The summed E-state index contributed by atoms with van der Waals surface area (Å²) in [4.78, 5) is 23.3. The Bertz CT molecular complexity index is 938. The van der Waals surface area contributed by atoms with E-state index in [0.29, 0.717) is 34.3 Å². The van der Waals surface area contributed by atoms with Crippen molar-refractivity contribution in [2.24, 2.45) is 0 Å². The van der Waals surface area contributed by atoms with Gasteiger partial charge in [-0.2, -0.15) is 0 Å². The average molecular weight is 435 g/mol. The predicted molar refractivity (Wildman–Crippen MR) is 117 cm³/mol. The number of carboxylic acids is 1. The normalized spacial score (nSPS) is 11.0. The van der Waals surface area contributed by atoms with Crippen LogP contribution in [0.2, 0.25) is 5.02 Å². The molecule has 0 unspecified atom stereocenters. The van der Waals surface area contributed by atoms with Crippen molar-refractivity contribution in [1.82, 2.24) is 5.32 Å². The number of halogens is 1. The van der Waals surface area contributed by atoms with Crippen molar-refractivity contribution in [3.63, 3.8) is 0 Å². The second-order valence-electron chi connectivity index (χ2n) is 7.82. The summed E-state index contributed by atoms with van der Waals surface area (Å²) in [5.74, 6) is -0.428. The molecule has 0 spiro atoms. The molecule has 162 valence electrons. The number of rotatable bonds is 8. The minimum Gasteiger partial charge on any atom is -0.493 e. The third-order valence-corrected chi connectivity index (χ3v) is 4.59. The Hall–Kier alpha value is -2.93. The summed E-state index contributed by atoms with van der Waals surface area (Å²) < 4.78 is 11.0.